The van der Waals surface area contributed by atoms with Crippen LogP contribution in [0.25, 0.3) is 28.1 Å². The first-order chi connectivity index (χ1) is 21.1. The van der Waals surface area contributed by atoms with E-state index in [0.29, 0.717) is 11.0 Å². The second-order valence-corrected chi connectivity index (χ2v) is 10.1. The average Bonchev–Trinajstić information content (AvgIpc) is 3.36. The van der Waals surface area contributed by atoms with Gasteiger partial charge in [-0.2, -0.15) is 4.52 Å². The number of aromatic nitrogens is 5. The Labute approximate surface area is 251 Å². The SMILES string of the molecule is O=C1NCCN(C(=O)OCc2ccccc2)C[C@H]1Nc1nc2cccnc2c2nc(-c3ccc(Cl)cc3OC(F)(F)F)nn12. The number of nitrogens with zero attached hydrogens (tertiary/aromatic N) is 6. The average molecular weight is 627 g/mol. The standard InChI is InChI=1S/C28H22ClF3N8O4/c29-17-8-9-18(21(13-17)44-28(30,31)32)23-37-24-22-19(7-4-10-33-22)35-26(40(24)38-23)36-20-14-39(12-11-34-25(20)41)27(42)43-15-16-5-2-1-3-6-16/h1-10,13,20H,11-12,14-15H2,(H,34,41)(H,35,36)/t20-/m1/s1. The Bertz CT molecular complexity index is 1850. The predicted molar refractivity (Wildman–Crippen MR) is 152 cm³/mol. The van der Waals surface area contributed by atoms with Crippen LogP contribution >= 0.6 is 11.6 Å². The van der Waals surface area contributed by atoms with E-state index < -0.39 is 30.2 Å². The Hall–Kier alpha value is -5.18. The number of nitrogens with one attached hydrogen (secondary N) is 2. The molecule has 0 radical (unpaired) electrons. The molecule has 0 aliphatic carbocycles. The Morgan fingerprint density at radius 1 is 1.11 bits per heavy atom. The molecule has 16 heteroatoms. The van der Waals surface area contributed by atoms with Crippen molar-refractivity contribution in [2.75, 3.05) is 25.0 Å². The molecule has 1 atom stereocenters. The molecule has 0 saturated carbocycles. The highest BCUT2D eigenvalue weighted by molar-refractivity contribution is 6.30. The summed E-state index contributed by atoms with van der Waals surface area (Å²) in [7, 11) is 0. The van der Waals surface area contributed by atoms with Gasteiger partial charge >= 0.3 is 12.5 Å². The number of hydrogen-bond acceptors (Lipinski definition) is 9. The summed E-state index contributed by atoms with van der Waals surface area (Å²) in [6.07, 6.45) is -4.10. The van der Waals surface area contributed by atoms with E-state index in [1.807, 2.05) is 30.3 Å². The largest absolute Gasteiger partial charge is 0.573 e. The van der Waals surface area contributed by atoms with Crippen LogP contribution in [0.3, 0.4) is 0 Å². The molecule has 0 spiro atoms. The molecule has 1 fully saturated rings. The summed E-state index contributed by atoms with van der Waals surface area (Å²) in [6, 6.07) is 15.1. The fraction of sp³-hybridized carbons (Fsp3) is 0.214. The normalized spacial score (nSPS) is 15.6. The number of ether oxygens (including phenoxy) is 2. The van der Waals surface area contributed by atoms with Crippen LogP contribution in [0.2, 0.25) is 5.02 Å². The molecular weight excluding hydrogens is 605 g/mol. The van der Waals surface area contributed by atoms with Gasteiger partial charge in [-0.25, -0.2) is 14.8 Å². The maximum atomic E-state index is 13.2. The van der Waals surface area contributed by atoms with E-state index in [-0.39, 0.29) is 54.2 Å². The van der Waals surface area contributed by atoms with Gasteiger partial charge < -0.3 is 25.0 Å². The maximum absolute atomic E-state index is 13.2. The fourth-order valence-corrected chi connectivity index (χ4v) is 4.77. The van der Waals surface area contributed by atoms with Crippen molar-refractivity contribution in [1.29, 1.82) is 0 Å². The summed E-state index contributed by atoms with van der Waals surface area (Å²) in [5.41, 5.74) is 1.54. The minimum Gasteiger partial charge on any atom is -0.445 e. The van der Waals surface area contributed by atoms with Crippen LogP contribution < -0.4 is 15.4 Å². The molecule has 2 aromatic carbocycles. The first-order valence-electron chi connectivity index (χ1n) is 13.2. The second-order valence-electron chi connectivity index (χ2n) is 9.64. The number of amides is 2. The molecule has 1 aliphatic rings. The van der Waals surface area contributed by atoms with Gasteiger partial charge in [0.05, 0.1) is 17.6 Å². The topological polar surface area (TPSA) is 136 Å². The first kappa shape index (κ1) is 28.9. The van der Waals surface area contributed by atoms with Crippen molar-refractivity contribution in [2.24, 2.45) is 0 Å². The van der Waals surface area contributed by atoms with Crippen molar-refractivity contribution >= 4 is 46.2 Å². The van der Waals surface area contributed by atoms with Crippen LogP contribution in [0.1, 0.15) is 5.56 Å². The van der Waals surface area contributed by atoms with E-state index in [2.05, 4.69) is 35.4 Å². The van der Waals surface area contributed by atoms with Gasteiger partial charge in [-0.15, -0.1) is 18.3 Å². The number of halogens is 4. The van der Waals surface area contributed by atoms with Crippen molar-refractivity contribution in [3.8, 4) is 17.1 Å². The third-order valence-electron chi connectivity index (χ3n) is 6.61. The summed E-state index contributed by atoms with van der Waals surface area (Å²) in [5.74, 6) is -1.12. The van der Waals surface area contributed by atoms with E-state index in [9.17, 15) is 22.8 Å². The zero-order chi connectivity index (χ0) is 30.8. The van der Waals surface area contributed by atoms with Crippen LogP contribution in [-0.4, -0.2) is 73.5 Å². The number of benzene rings is 2. The molecule has 4 heterocycles. The highest BCUT2D eigenvalue weighted by Gasteiger charge is 2.34. The number of alkyl halides is 3. The van der Waals surface area contributed by atoms with E-state index in [4.69, 9.17) is 16.3 Å². The van der Waals surface area contributed by atoms with Crippen LogP contribution in [0.4, 0.5) is 23.9 Å². The van der Waals surface area contributed by atoms with Gasteiger partial charge in [-0.3, -0.25) is 9.78 Å². The third-order valence-corrected chi connectivity index (χ3v) is 6.84. The minimum atomic E-state index is -5.00. The zero-order valence-electron chi connectivity index (χ0n) is 22.6. The lowest BCUT2D eigenvalue weighted by Crippen LogP contribution is -2.44. The Balaban J connectivity index is 1.34. The van der Waals surface area contributed by atoms with Crippen molar-refractivity contribution in [3.05, 3.63) is 77.4 Å². The van der Waals surface area contributed by atoms with Gasteiger partial charge in [0.25, 0.3) is 0 Å². The second kappa shape index (κ2) is 11.8. The van der Waals surface area contributed by atoms with Gasteiger partial charge in [-0.05, 0) is 35.9 Å². The number of anilines is 1. The van der Waals surface area contributed by atoms with E-state index in [1.165, 1.54) is 27.7 Å². The van der Waals surface area contributed by atoms with Gasteiger partial charge in [0.15, 0.2) is 11.5 Å². The summed E-state index contributed by atoms with van der Waals surface area (Å²) in [6.45, 7) is 0.375. The highest BCUT2D eigenvalue weighted by Crippen LogP contribution is 2.35. The van der Waals surface area contributed by atoms with Crippen LogP contribution in [0.15, 0.2) is 66.9 Å². The van der Waals surface area contributed by atoms with Crippen molar-refractivity contribution < 1.29 is 32.2 Å². The van der Waals surface area contributed by atoms with E-state index >= 15 is 0 Å². The molecule has 3 aromatic heterocycles. The lowest BCUT2D eigenvalue weighted by molar-refractivity contribution is -0.274. The monoisotopic (exact) mass is 626 g/mol. The van der Waals surface area contributed by atoms with Gasteiger partial charge in [0.1, 0.15) is 23.9 Å². The highest BCUT2D eigenvalue weighted by atomic mass is 35.5. The summed E-state index contributed by atoms with van der Waals surface area (Å²) in [5, 5.41) is 10.2. The Morgan fingerprint density at radius 2 is 1.93 bits per heavy atom. The molecule has 0 unspecified atom stereocenters. The van der Waals surface area contributed by atoms with Crippen molar-refractivity contribution in [2.45, 2.75) is 19.0 Å². The molecule has 2 amide bonds. The molecule has 2 N–H and O–H groups in total. The van der Waals surface area contributed by atoms with Gasteiger partial charge in [0, 0.05) is 24.3 Å². The molecule has 226 valence electrons. The van der Waals surface area contributed by atoms with Crippen molar-refractivity contribution in [1.82, 2.24) is 34.8 Å². The zero-order valence-corrected chi connectivity index (χ0v) is 23.3. The third kappa shape index (κ3) is 6.27. The van der Waals surface area contributed by atoms with E-state index in [0.717, 1.165) is 11.6 Å². The molecule has 6 rings (SSSR count). The molecule has 1 aliphatic heterocycles. The summed E-state index contributed by atoms with van der Waals surface area (Å²) >= 11 is 5.94. The Kier molecular flexibility index (Phi) is 7.78. The molecule has 12 nitrogen and oxygen atoms in total. The minimum absolute atomic E-state index is 0.0131. The number of fused-ring (bicyclic) bond motifs is 3. The molecule has 1 saturated heterocycles. The number of hydrogen-bond donors (Lipinski definition) is 2. The predicted octanol–water partition coefficient (Wildman–Crippen LogP) is 4.44. The molecule has 5 aromatic rings. The van der Waals surface area contributed by atoms with Gasteiger partial charge in [-0.1, -0.05) is 41.9 Å². The number of pyridine rings is 1. The summed E-state index contributed by atoms with van der Waals surface area (Å²) < 4.78 is 50.4. The fourth-order valence-electron chi connectivity index (χ4n) is 4.61. The number of carbonyl (C=O) groups is 2. The van der Waals surface area contributed by atoms with Crippen LogP contribution in [-0.2, 0) is 16.1 Å². The van der Waals surface area contributed by atoms with Crippen LogP contribution in [0.5, 0.6) is 5.75 Å². The molecular formula is C28H22ClF3N8O4. The number of rotatable bonds is 6. The van der Waals surface area contributed by atoms with E-state index in [1.54, 1.807) is 12.1 Å². The lowest BCUT2D eigenvalue weighted by Gasteiger charge is -2.23. The van der Waals surface area contributed by atoms with Crippen LogP contribution in [0, 0.1) is 0 Å². The first-order valence-corrected chi connectivity index (χ1v) is 13.6. The summed E-state index contributed by atoms with van der Waals surface area (Å²) in [4.78, 5) is 40.7. The Morgan fingerprint density at radius 3 is 2.73 bits per heavy atom. The molecule has 0 bridgehead atoms. The lowest BCUT2D eigenvalue weighted by atomic mass is 10.2. The number of carbonyl (C=O) groups excluding carboxylic acids is 2. The van der Waals surface area contributed by atoms with Crippen molar-refractivity contribution in [3.63, 3.8) is 0 Å². The quantitative estimate of drug-likeness (QED) is 0.280. The van der Waals surface area contributed by atoms with Gasteiger partial charge in [0.2, 0.25) is 11.9 Å². The molecule has 44 heavy (non-hydrogen) atoms. The maximum Gasteiger partial charge on any atom is 0.573 e. The smallest absolute Gasteiger partial charge is 0.445 e.